The Balaban J connectivity index is -0.00000000795. The molecule has 0 aliphatic carbocycles. The van der Waals surface area contributed by atoms with Crippen LogP contribution >= 0.6 is 0 Å². The maximum absolute atomic E-state index is 9.37. The Morgan fingerprint density at radius 3 is 0.750 bits per heavy atom. The van der Waals surface area contributed by atoms with Crippen molar-refractivity contribution in [2.24, 2.45) is 0 Å². The van der Waals surface area contributed by atoms with Crippen molar-refractivity contribution in [3.63, 3.8) is 0 Å². The number of hydrogen-bond donors (Lipinski definition) is 1. The normalized spacial score (nSPS) is 4.53. The first kappa shape index (κ1) is 97.1. The Labute approximate surface area is 443 Å². The third-order valence-corrected chi connectivity index (χ3v) is 1.05. The number of carbonyl (C=O) groups excluding carboxylic acids is 1. The maximum atomic E-state index is 9.37. The number of allylic oxidation sites excluding steroid dienone is 2. The smallest absolute Gasteiger partial charge is 0.303 e. The first-order chi connectivity index (χ1) is 11.3. The molecule has 0 unspecified atom stereocenters. The molecule has 0 rings (SSSR count). The summed E-state index contributed by atoms with van der Waals surface area (Å²) in [6, 6.07) is 0. The van der Waals surface area contributed by atoms with Crippen LogP contribution in [0, 0.1) is 302 Å². The van der Waals surface area contributed by atoms with Crippen molar-refractivity contribution in [2.45, 2.75) is 116 Å². The van der Waals surface area contributed by atoms with E-state index in [1.54, 1.807) is 6.92 Å². The van der Waals surface area contributed by atoms with Gasteiger partial charge in [0.25, 0.3) is 0 Å². The number of carboxylic acids is 1. The molecule has 0 aliphatic rings. The minimum absolute atomic E-state index is 0. The molecule has 216 valence electrons. The zero-order valence-electron chi connectivity index (χ0n) is 22.1. The van der Waals surface area contributed by atoms with Crippen LogP contribution in [0.5, 0.6) is 0 Å². The van der Waals surface area contributed by atoms with E-state index < -0.39 is 5.97 Å². The second-order valence-electron chi connectivity index (χ2n) is 4.10. The van der Waals surface area contributed by atoms with E-state index in [0.717, 1.165) is 6.29 Å². The van der Waals surface area contributed by atoms with Gasteiger partial charge in [-0.3, -0.25) is 4.79 Å². The SMILES string of the molecule is CC.CC.CC=C(C)C.CCC.CCC.CCC(=O)O.CCC=O.[Ar].[Ar].[Ar].[Ar].[Ar].[Ar].[Ar].[Ar]. The van der Waals surface area contributed by atoms with Gasteiger partial charge in [0.15, 0.2) is 0 Å². The van der Waals surface area contributed by atoms with Crippen molar-refractivity contribution in [1.29, 1.82) is 0 Å². The van der Waals surface area contributed by atoms with Gasteiger partial charge in [0, 0.05) is 315 Å². The number of carboxylic acid groups (broad SMARTS) is 1. The molecular formula is C21H50Ar8O3. The molecule has 0 aromatic carbocycles. The molecule has 0 radical (unpaired) electrons. The van der Waals surface area contributed by atoms with Gasteiger partial charge in [0.1, 0.15) is 6.29 Å². The zero-order chi connectivity index (χ0) is 21.4. The van der Waals surface area contributed by atoms with Crippen molar-refractivity contribution in [2.75, 3.05) is 0 Å². The fraction of sp³-hybridized carbons (Fsp3) is 0.810. The summed E-state index contributed by atoms with van der Waals surface area (Å²) >= 11 is 0. The van der Waals surface area contributed by atoms with Gasteiger partial charge in [-0.2, -0.15) is 0 Å². The van der Waals surface area contributed by atoms with Crippen LogP contribution in [-0.2, 0) is 9.59 Å². The molecule has 0 atom stereocenters. The Bertz CT molecular complexity index is 205. The second-order valence-corrected chi connectivity index (χ2v) is 4.10. The summed E-state index contributed by atoms with van der Waals surface area (Å²) in [7, 11) is 0. The molecule has 0 heterocycles. The minimum atomic E-state index is -0.745. The van der Waals surface area contributed by atoms with Gasteiger partial charge in [0.05, 0.1) is 0 Å². The van der Waals surface area contributed by atoms with Gasteiger partial charge in [0.2, 0.25) is 0 Å². The number of rotatable bonds is 2. The Kier molecular flexibility index (Phi) is 419. The van der Waals surface area contributed by atoms with Crippen LogP contribution in [0.4, 0.5) is 0 Å². The standard InChI is InChI=1S/C5H10.C3H6O2.C3H6O.2C3H8.2C2H6.8Ar/c1-4-5(2)3;1-2-3(4)5;1-2-3-4;2*1-3-2;2*1-2;;;;;;;;/h4H,1-3H3;2H2,1H3,(H,4,5);3H,2H2,1H3;2*3H2,1-2H3;2*1-2H3;;;;;;;;. The topological polar surface area (TPSA) is 54.4 Å². The summed E-state index contributed by atoms with van der Waals surface area (Å²) in [5, 5.41) is 7.72. The summed E-state index contributed by atoms with van der Waals surface area (Å²) < 4.78 is 0. The zero-order valence-corrected chi connectivity index (χ0v) is 27.7. The number of aliphatic carboxylic acids is 1. The van der Waals surface area contributed by atoms with E-state index in [9.17, 15) is 9.59 Å². The van der Waals surface area contributed by atoms with Crippen LogP contribution in [-0.4, -0.2) is 17.4 Å². The molecule has 3 nitrogen and oxygen atoms in total. The molecule has 1 N–H and O–H groups in total. The third kappa shape index (κ3) is 288. The molecule has 0 bridgehead atoms. The van der Waals surface area contributed by atoms with Crippen molar-refractivity contribution < 1.29 is 317 Å². The molecule has 0 aliphatic heterocycles. The number of hydrogen-bond acceptors (Lipinski definition) is 2. The molecule has 0 aromatic heterocycles. The van der Waals surface area contributed by atoms with Crippen LogP contribution in [0.15, 0.2) is 11.6 Å². The van der Waals surface area contributed by atoms with Crippen LogP contribution < -0.4 is 0 Å². The molecule has 11 heteroatoms. The molecule has 0 fully saturated rings. The fourth-order valence-corrected chi connectivity index (χ4v) is 0. The van der Waals surface area contributed by atoms with Crippen LogP contribution in [0.1, 0.15) is 116 Å². The molecule has 0 saturated heterocycles. The van der Waals surface area contributed by atoms with Gasteiger partial charge in [-0.05, 0) is 20.8 Å². The molecule has 0 aromatic rings. The summed E-state index contributed by atoms with van der Waals surface area (Å²) in [5.74, 6) is -0.745. The fourth-order valence-electron chi connectivity index (χ4n) is 0. The first-order valence-electron chi connectivity index (χ1n) is 9.53. The van der Waals surface area contributed by atoms with E-state index in [4.69, 9.17) is 5.11 Å². The van der Waals surface area contributed by atoms with E-state index >= 15 is 0 Å². The van der Waals surface area contributed by atoms with Crippen molar-refractivity contribution in [3.8, 4) is 0 Å². The van der Waals surface area contributed by atoms with Gasteiger partial charge in [-0.1, -0.05) is 93.7 Å². The van der Waals surface area contributed by atoms with Crippen molar-refractivity contribution in [1.82, 2.24) is 0 Å². The Morgan fingerprint density at radius 1 is 0.656 bits per heavy atom. The largest absolute Gasteiger partial charge is 0.481 e. The van der Waals surface area contributed by atoms with E-state index in [2.05, 4.69) is 47.6 Å². The second kappa shape index (κ2) is 138. The summed E-state index contributed by atoms with van der Waals surface area (Å²) in [5.41, 5.74) is 1.38. The number of carbonyl (C=O) groups is 2. The monoisotopic (exact) mass is 670 g/mol. The van der Waals surface area contributed by atoms with Crippen LogP contribution in [0.2, 0.25) is 0 Å². The van der Waals surface area contributed by atoms with E-state index in [-0.39, 0.29) is 308 Å². The van der Waals surface area contributed by atoms with E-state index in [1.807, 2.05) is 41.5 Å². The summed E-state index contributed by atoms with van der Waals surface area (Å²) in [6.07, 6.45) is 6.32. The first-order valence-corrected chi connectivity index (χ1v) is 9.53. The maximum Gasteiger partial charge on any atom is 0.303 e. The average molecular weight is 670 g/mol. The number of aldehydes is 1. The van der Waals surface area contributed by atoms with Gasteiger partial charge in [-0.25, -0.2) is 0 Å². The van der Waals surface area contributed by atoms with Gasteiger partial charge in [-0.15, -0.1) is 0 Å². The third-order valence-electron chi connectivity index (χ3n) is 1.05. The quantitative estimate of drug-likeness (QED) is 0.240. The average Bonchev–Trinajstić information content (AvgIpc) is 2.60. The van der Waals surface area contributed by atoms with E-state index in [0.29, 0.717) is 6.42 Å². The molecule has 0 amide bonds. The molecule has 0 saturated carbocycles. The van der Waals surface area contributed by atoms with Gasteiger partial charge < -0.3 is 9.90 Å². The molecule has 0 spiro atoms. The van der Waals surface area contributed by atoms with E-state index in [1.165, 1.54) is 18.4 Å². The Hall–Kier alpha value is 8.96. The van der Waals surface area contributed by atoms with Crippen molar-refractivity contribution in [3.05, 3.63) is 11.6 Å². The van der Waals surface area contributed by atoms with Crippen molar-refractivity contribution >= 4 is 12.3 Å². The Morgan fingerprint density at radius 2 is 0.750 bits per heavy atom. The minimum Gasteiger partial charge on any atom is -0.481 e. The predicted molar refractivity (Wildman–Crippen MR) is 114 cm³/mol. The summed E-state index contributed by atoms with van der Waals surface area (Å²) in [4.78, 5) is 18.5. The van der Waals surface area contributed by atoms with Crippen LogP contribution in [0.3, 0.4) is 0 Å². The predicted octanol–water partition coefficient (Wildman–Crippen LogP) is 7.93. The summed E-state index contributed by atoms with van der Waals surface area (Å²) in [6.45, 7) is 26.1. The molecular weight excluding hydrogens is 620 g/mol. The van der Waals surface area contributed by atoms with Crippen LogP contribution in [0.25, 0.3) is 0 Å². The van der Waals surface area contributed by atoms with Gasteiger partial charge >= 0.3 is 5.97 Å². The molecule has 32 heavy (non-hydrogen) atoms.